The van der Waals surface area contributed by atoms with E-state index in [9.17, 15) is 14.4 Å². The summed E-state index contributed by atoms with van der Waals surface area (Å²) in [5.74, 6) is -0.182. The monoisotopic (exact) mass is 413 g/mol. The van der Waals surface area contributed by atoms with E-state index in [-0.39, 0.29) is 18.3 Å². The molecule has 5 nitrogen and oxygen atoms in total. The van der Waals surface area contributed by atoms with Crippen molar-refractivity contribution in [3.8, 4) is 0 Å². The summed E-state index contributed by atoms with van der Waals surface area (Å²) >= 11 is 1.48. The highest BCUT2D eigenvalue weighted by Gasteiger charge is 2.23. The van der Waals surface area contributed by atoms with Gasteiger partial charge in [-0.3, -0.25) is 9.59 Å². The number of esters is 1. The molecular weight excluding hydrogens is 386 g/mol. The van der Waals surface area contributed by atoms with E-state index in [1.807, 2.05) is 26.8 Å². The molecule has 0 bridgehead atoms. The lowest BCUT2D eigenvalue weighted by atomic mass is 9.90. The molecule has 0 saturated carbocycles. The number of anilines is 1. The van der Waals surface area contributed by atoms with Crippen LogP contribution >= 0.6 is 11.3 Å². The van der Waals surface area contributed by atoms with Gasteiger partial charge in [-0.05, 0) is 61.1 Å². The molecule has 1 amide bonds. The van der Waals surface area contributed by atoms with E-state index in [2.05, 4.69) is 12.2 Å². The first-order valence-electron chi connectivity index (χ1n) is 9.87. The number of Topliss-reactive ketones (excluding diaryl/α,β-unsaturated/α-hetero) is 1. The van der Waals surface area contributed by atoms with Crippen LogP contribution in [0.3, 0.4) is 0 Å². The van der Waals surface area contributed by atoms with Crippen molar-refractivity contribution in [2.45, 2.75) is 47.0 Å². The molecular formula is C23H27NO4S. The Morgan fingerprint density at radius 2 is 1.86 bits per heavy atom. The second-order valence-corrected chi connectivity index (χ2v) is 9.82. The Bertz CT molecular complexity index is 921. The number of thiophene rings is 1. The molecule has 1 N–H and O–H groups in total. The molecule has 0 saturated heterocycles. The van der Waals surface area contributed by atoms with Crippen molar-refractivity contribution in [2.75, 3.05) is 11.9 Å². The van der Waals surface area contributed by atoms with Gasteiger partial charge in [0, 0.05) is 21.5 Å². The summed E-state index contributed by atoms with van der Waals surface area (Å²) in [7, 11) is 0. The van der Waals surface area contributed by atoms with E-state index in [1.165, 1.54) is 21.8 Å². The highest BCUT2D eigenvalue weighted by molar-refractivity contribution is 7.14. The number of rotatable bonds is 5. The summed E-state index contributed by atoms with van der Waals surface area (Å²) in [6.07, 6.45) is 3.15. The maximum atomic E-state index is 12.3. The summed E-state index contributed by atoms with van der Waals surface area (Å²) in [5, 5.41) is 2.81. The zero-order valence-electron chi connectivity index (χ0n) is 17.3. The average molecular weight is 414 g/mol. The van der Waals surface area contributed by atoms with Gasteiger partial charge in [-0.15, -0.1) is 11.3 Å². The number of nitrogens with one attached hydrogen (secondary N) is 1. The van der Waals surface area contributed by atoms with Gasteiger partial charge in [0.1, 0.15) is 4.88 Å². The first-order chi connectivity index (χ1) is 13.6. The Balaban J connectivity index is 1.55. The molecule has 0 fully saturated rings. The fraction of sp³-hybridized carbons (Fsp3) is 0.435. The molecule has 154 valence electrons. The fourth-order valence-corrected chi connectivity index (χ4v) is 4.25. The summed E-state index contributed by atoms with van der Waals surface area (Å²) in [4.78, 5) is 38.5. The molecule has 1 aliphatic carbocycles. The van der Waals surface area contributed by atoms with Gasteiger partial charge < -0.3 is 10.1 Å². The molecule has 1 atom stereocenters. The summed E-state index contributed by atoms with van der Waals surface area (Å²) in [6, 6.07) is 8.51. The molecule has 3 rings (SSSR count). The largest absolute Gasteiger partial charge is 0.453 e. The predicted octanol–water partition coefficient (Wildman–Crippen LogP) is 4.90. The highest BCUT2D eigenvalue weighted by atomic mass is 32.1. The highest BCUT2D eigenvalue weighted by Crippen LogP contribution is 2.32. The molecule has 6 heteroatoms. The first kappa shape index (κ1) is 21.2. The Kier molecular flexibility index (Phi) is 6.22. The molecule has 1 aromatic heterocycles. The summed E-state index contributed by atoms with van der Waals surface area (Å²) < 4.78 is 5.24. The Morgan fingerprint density at radius 3 is 2.52 bits per heavy atom. The number of carbonyl (C=O) groups is 3. The maximum Gasteiger partial charge on any atom is 0.348 e. The van der Waals surface area contributed by atoms with E-state index < -0.39 is 11.4 Å². The van der Waals surface area contributed by atoms with E-state index in [0.29, 0.717) is 22.0 Å². The topological polar surface area (TPSA) is 72.5 Å². The lowest BCUT2D eigenvalue weighted by molar-refractivity contribution is -0.123. The lowest BCUT2D eigenvalue weighted by Gasteiger charge is -2.17. The quantitative estimate of drug-likeness (QED) is 0.559. The van der Waals surface area contributed by atoms with Crippen molar-refractivity contribution < 1.29 is 19.1 Å². The van der Waals surface area contributed by atoms with Gasteiger partial charge in [-0.1, -0.05) is 27.7 Å². The predicted molar refractivity (Wildman–Crippen MR) is 115 cm³/mol. The third-order valence-electron chi connectivity index (χ3n) is 5.01. The standard InChI is InChI=1S/C23H27NO4S/c1-14-5-10-19-16(11-14)12-20(29-19)21(26)28-13-18(25)15-6-8-17(9-7-15)24-22(27)23(2,3)4/h6-9,12,14H,5,10-11,13H2,1-4H3,(H,24,27)/t14-/m1/s1. The smallest absolute Gasteiger partial charge is 0.348 e. The Morgan fingerprint density at radius 1 is 1.17 bits per heavy atom. The van der Waals surface area contributed by atoms with Crippen LogP contribution in [0.1, 0.15) is 64.6 Å². The number of benzene rings is 1. The van der Waals surface area contributed by atoms with Crippen LogP contribution in [0.15, 0.2) is 30.3 Å². The summed E-state index contributed by atoms with van der Waals surface area (Å²) in [5.41, 5.74) is 1.80. The second-order valence-electron chi connectivity index (χ2n) is 8.69. The third-order valence-corrected chi connectivity index (χ3v) is 6.23. The molecule has 0 spiro atoms. The van der Waals surface area contributed by atoms with Crippen LogP contribution in [0.25, 0.3) is 0 Å². The van der Waals surface area contributed by atoms with E-state index in [4.69, 9.17) is 4.74 Å². The minimum Gasteiger partial charge on any atom is -0.453 e. The van der Waals surface area contributed by atoms with Crippen molar-refractivity contribution in [3.63, 3.8) is 0 Å². The van der Waals surface area contributed by atoms with E-state index >= 15 is 0 Å². The maximum absolute atomic E-state index is 12.3. The van der Waals surface area contributed by atoms with Gasteiger partial charge in [0.15, 0.2) is 12.4 Å². The van der Waals surface area contributed by atoms with Gasteiger partial charge >= 0.3 is 5.97 Å². The number of amides is 1. The van der Waals surface area contributed by atoms with Crippen LogP contribution in [0.2, 0.25) is 0 Å². The van der Waals surface area contributed by atoms with Gasteiger partial charge in [0.2, 0.25) is 5.91 Å². The number of carbonyl (C=O) groups excluding carboxylic acids is 3. The van der Waals surface area contributed by atoms with Crippen LogP contribution in [-0.2, 0) is 22.4 Å². The number of hydrogen-bond acceptors (Lipinski definition) is 5. The molecule has 1 aromatic carbocycles. The Labute approximate surface area is 175 Å². The lowest BCUT2D eigenvalue weighted by Crippen LogP contribution is -2.27. The zero-order chi connectivity index (χ0) is 21.2. The minimum absolute atomic E-state index is 0.0986. The zero-order valence-corrected chi connectivity index (χ0v) is 18.2. The fourth-order valence-electron chi connectivity index (χ4n) is 3.15. The van der Waals surface area contributed by atoms with Crippen molar-refractivity contribution in [1.82, 2.24) is 0 Å². The molecule has 1 aliphatic rings. The molecule has 0 unspecified atom stereocenters. The summed E-state index contributed by atoms with van der Waals surface area (Å²) in [6.45, 7) is 7.42. The van der Waals surface area contributed by atoms with Crippen molar-refractivity contribution in [1.29, 1.82) is 0 Å². The van der Waals surface area contributed by atoms with Crippen LogP contribution in [0, 0.1) is 11.3 Å². The number of aryl methyl sites for hydroxylation is 1. The molecule has 2 aromatic rings. The van der Waals surface area contributed by atoms with E-state index in [1.54, 1.807) is 24.3 Å². The number of fused-ring (bicyclic) bond motifs is 1. The van der Waals surface area contributed by atoms with Crippen LogP contribution in [0.4, 0.5) is 5.69 Å². The van der Waals surface area contributed by atoms with Crippen molar-refractivity contribution in [2.24, 2.45) is 11.3 Å². The van der Waals surface area contributed by atoms with Crippen LogP contribution in [0.5, 0.6) is 0 Å². The van der Waals surface area contributed by atoms with Crippen LogP contribution in [-0.4, -0.2) is 24.3 Å². The van der Waals surface area contributed by atoms with Crippen molar-refractivity contribution in [3.05, 3.63) is 51.2 Å². The minimum atomic E-state index is -0.498. The van der Waals surface area contributed by atoms with Gasteiger partial charge in [-0.25, -0.2) is 4.79 Å². The normalized spacial score (nSPS) is 16.1. The first-order valence-corrected chi connectivity index (χ1v) is 10.7. The van der Waals surface area contributed by atoms with Gasteiger partial charge in [-0.2, -0.15) is 0 Å². The molecule has 0 aliphatic heterocycles. The van der Waals surface area contributed by atoms with Crippen molar-refractivity contribution >= 4 is 34.7 Å². The number of ketones is 1. The third kappa shape index (κ3) is 5.32. The average Bonchev–Trinajstić information content (AvgIpc) is 3.09. The van der Waals surface area contributed by atoms with E-state index in [0.717, 1.165) is 19.3 Å². The number of hydrogen-bond donors (Lipinski definition) is 1. The Hall–Kier alpha value is -2.47. The van der Waals surface area contributed by atoms with Gasteiger partial charge in [0.25, 0.3) is 0 Å². The van der Waals surface area contributed by atoms with Gasteiger partial charge in [0.05, 0.1) is 0 Å². The van der Waals surface area contributed by atoms with Crippen LogP contribution < -0.4 is 5.32 Å². The molecule has 29 heavy (non-hydrogen) atoms. The number of ether oxygens (including phenoxy) is 1. The second kappa shape index (κ2) is 8.49. The SMILES string of the molecule is C[C@@H]1CCc2sc(C(=O)OCC(=O)c3ccc(NC(=O)C(C)(C)C)cc3)cc2C1. The molecule has 0 radical (unpaired) electrons. The molecule has 1 heterocycles.